The molecule has 1 aromatic carbocycles. The molecule has 0 saturated carbocycles. The molecular formula is C20H25FN4O8. The lowest BCUT2D eigenvalue weighted by molar-refractivity contribution is -0.143. The van der Waals surface area contributed by atoms with Crippen molar-refractivity contribution < 1.29 is 43.3 Å². The Balaban J connectivity index is 1.52. The summed E-state index contributed by atoms with van der Waals surface area (Å²) in [6.45, 7) is 1.65. The Labute approximate surface area is 188 Å². The Bertz CT molecular complexity index is 921. The molecule has 3 rings (SSSR count). The highest BCUT2D eigenvalue weighted by molar-refractivity contribution is 5.90. The van der Waals surface area contributed by atoms with E-state index in [-0.39, 0.29) is 56.6 Å². The van der Waals surface area contributed by atoms with E-state index in [9.17, 15) is 28.7 Å². The summed E-state index contributed by atoms with van der Waals surface area (Å²) in [5, 5.41) is 21.6. The number of ether oxygens (including phenoxy) is 2. The highest BCUT2D eigenvalue weighted by Crippen LogP contribution is 2.27. The second-order valence-corrected chi connectivity index (χ2v) is 7.59. The second-order valence-electron chi connectivity index (χ2n) is 7.59. The molecule has 3 N–H and O–H groups in total. The van der Waals surface area contributed by atoms with Crippen LogP contribution in [0.5, 0.6) is 5.75 Å². The van der Waals surface area contributed by atoms with Gasteiger partial charge in [-0.2, -0.15) is 0 Å². The molecule has 2 aliphatic rings. The maximum atomic E-state index is 14.5. The van der Waals surface area contributed by atoms with Crippen LogP contribution in [0, 0.1) is 5.82 Å². The van der Waals surface area contributed by atoms with Gasteiger partial charge in [0.05, 0.1) is 18.8 Å². The number of aliphatic hydroxyl groups excluding tert-OH is 1. The van der Waals surface area contributed by atoms with E-state index in [4.69, 9.17) is 14.6 Å². The van der Waals surface area contributed by atoms with Gasteiger partial charge in [-0.15, -0.1) is 0 Å². The number of benzene rings is 1. The highest BCUT2D eigenvalue weighted by Gasteiger charge is 2.33. The second kappa shape index (κ2) is 10.3. The molecule has 33 heavy (non-hydrogen) atoms. The van der Waals surface area contributed by atoms with Gasteiger partial charge < -0.3 is 34.8 Å². The van der Waals surface area contributed by atoms with E-state index < -0.39 is 42.7 Å². The van der Waals surface area contributed by atoms with Gasteiger partial charge in [0.25, 0.3) is 5.91 Å². The number of aliphatic hydroxyl groups is 1. The topological polar surface area (TPSA) is 149 Å². The summed E-state index contributed by atoms with van der Waals surface area (Å²) in [5.41, 5.74) is 0.225. The molecule has 2 atom stereocenters. The summed E-state index contributed by atoms with van der Waals surface area (Å²) in [6, 6.07) is 3.76. The maximum absolute atomic E-state index is 14.5. The summed E-state index contributed by atoms with van der Waals surface area (Å²) >= 11 is 0. The van der Waals surface area contributed by atoms with Gasteiger partial charge in [0.1, 0.15) is 12.7 Å². The van der Waals surface area contributed by atoms with Crippen LogP contribution in [0.25, 0.3) is 0 Å². The molecule has 12 nitrogen and oxygen atoms in total. The molecule has 0 aliphatic carbocycles. The number of carboxylic acid groups (broad SMARTS) is 1. The van der Waals surface area contributed by atoms with E-state index in [2.05, 4.69) is 5.32 Å². The highest BCUT2D eigenvalue weighted by atomic mass is 19.1. The summed E-state index contributed by atoms with van der Waals surface area (Å²) in [5.74, 6) is -1.92. The molecule has 1 unspecified atom stereocenters. The van der Waals surface area contributed by atoms with Crippen LogP contribution in [0.2, 0.25) is 0 Å². The lowest BCUT2D eigenvalue weighted by atomic mass is 10.2. The zero-order chi connectivity index (χ0) is 24.1. The molecule has 2 fully saturated rings. The van der Waals surface area contributed by atoms with Crippen molar-refractivity contribution in [1.82, 2.24) is 15.1 Å². The average molecular weight is 468 g/mol. The summed E-state index contributed by atoms with van der Waals surface area (Å²) in [7, 11) is 0. The summed E-state index contributed by atoms with van der Waals surface area (Å²) in [4.78, 5) is 50.0. The molecule has 0 bridgehead atoms. The number of hydrogen-bond donors (Lipinski definition) is 3. The zero-order valence-corrected chi connectivity index (χ0v) is 17.9. The first-order chi connectivity index (χ1) is 15.7. The molecule has 2 heterocycles. The van der Waals surface area contributed by atoms with Crippen molar-refractivity contribution in [2.45, 2.75) is 19.1 Å². The standard InChI is InChI=1S/C20H25FN4O8/c1-12(26)22-9-14-10-25(20(31)33-14)13-2-3-17(15(21)8-13)32-11-16(27)18(28)23-4-6-24(7-5-23)19(29)30/h2-3,8,14,16,27H,4-7,9-11H2,1H3,(H,22,26)(H,29,30)/t14-,16?/m0/s1. The lowest BCUT2D eigenvalue weighted by Crippen LogP contribution is -2.53. The van der Waals surface area contributed by atoms with Gasteiger partial charge in [-0.25, -0.2) is 14.0 Å². The first-order valence-electron chi connectivity index (χ1n) is 10.3. The fraction of sp³-hybridized carbons (Fsp3) is 0.500. The molecule has 1 aromatic rings. The lowest BCUT2D eigenvalue weighted by Gasteiger charge is -2.34. The zero-order valence-electron chi connectivity index (χ0n) is 17.9. The van der Waals surface area contributed by atoms with E-state index in [1.807, 2.05) is 0 Å². The normalized spacial score (nSPS) is 19.2. The number of carbonyl (C=O) groups is 4. The molecule has 0 radical (unpaired) electrons. The number of carbonyl (C=O) groups excluding carboxylic acids is 3. The number of anilines is 1. The monoisotopic (exact) mass is 468 g/mol. The first-order valence-corrected chi connectivity index (χ1v) is 10.3. The number of amides is 4. The Hall–Kier alpha value is -3.61. The number of hydrogen-bond acceptors (Lipinski definition) is 7. The van der Waals surface area contributed by atoms with Crippen molar-refractivity contribution in [2.24, 2.45) is 0 Å². The van der Waals surface area contributed by atoms with Gasteiger partial charge in [0.15, 0.2) is 17.7 Å². The Kier molecular flexibility index (Phi) is 7.53. The van der Waals surface area contributed by atoms with E-state index >= 15 is 0 Å². The minimum Gasteiger partial charge on any atom is -0.487 e. The molecule has 0 spiro atoms. The van der Waals surface area contributed by atoms with Crippen LogP contribution >= 0.6 is 0 Å². The minimum absolute atomic E-state index is 0.126. The van der Waals surface area contributed by atoms with Crippen LogP contribution in [0.1, 0.15) is 6.92 Å². The van der Waals surface area contributed by atoms with Crippen molar-refractivity contribution in [1.29, 1.82) is 0 Å². The average Bonchev–Trinajstić information content (AvgIpc) is 3.16. The van der Waals surface area contributed by atoms with Crippen molar-refractivity contribution in [2.75, 3.05) is 50.8 Å². The molecule has 2 aliphatic heterocycles. The molecule has 4 amide bonds. The minimum atomic E-state index is -1.55. The third-order valence-electron chi connectivity index (χ3n) is 5.22. The van der Waals surface area contributed by atoms with Crippen LogP contribution < -0.4 is 15.0 Å². The fourth-order valence-corrected chi connectivity index (χ4v) is 3.44. The van der Waals surface area contributed by atoms with E-state index in [1.165, 1.54) is 33.8 Å². The van der Waals surface area contributed by atoms with Gasteiger partial charge in [-0.3, -0.25) is 14.5 Å². The van der Waals surface area contributed by atoms with Crippen molar-refractivity contribution >= 4 is 29.7 Å². The number of halogens is 1. The van der Waals surface area contributed by atoms with Crippen LogP contribution in [0.4, 0.5) is 19.7 Å². The SMILES string of the molecule is CC(=O)NC[C@H]1CN(c2ccc(OCC(O)C(=O)N3CCN(C(=O)O)CC3)c(F)c2)C(=O)O1. The number of nitrogens with one attached hydrogen (secondary N) is 1. The molecule has 13 heteroatoms. The summed E-state index contributed by atoms with van der Waals surface area (Å²) in [6.07, 6.45) is -3.87. The maximum Gasteiger partial charge on any atom is 0.414 e. The van der Waals surface area contributed by atoms with Crippen LogP contribution in [-0.2, 0) is 14.3 Å². The third kappa shape index (κ3) is 6.00. The van der Waals surface area contributed by atoms with Gasteiger partial charge >= 0.3 is 12.2 Å². The van der Waals surface area contributed by atoms with Crippen molar-refractivity contribution in [3.05, 3.63) is 24.0 Å². The van der Waals surface area contributed by atoms with Gasteiger partial charge in [0.2, 0.25) is 5.91 Å². The molecule has 180 valence electrons. The third-order valence-corrected chi connectivity index (χ3v) is 5.22. The molecule has 2 saturated heterocycles. The quantitative estimate of drug-likeness (QED) is 0.500. The predicted octanol–water partition coefficient (Wildman–Crippen LogP) is -0.151. The Morgan fingerprint density at radius 2 is 1.91 bits per heavy atom. The Morgan fingerprint density at radius 3 is 2.52 bits per heavy atom. The molecule has 0 aromatic heterocycles. The van der Waals surface area contributed by atoms with E-state index in [0.29, 0.717) is 0 Å². The first kappa shape index (κ1) is 24.0. The predicted molar refractivity (Wildman–Crippen MR) is 110 cm³/mol. The number of rotatable bonds is 7. The Morgan fingerprint density at radius 1 is 1.24 bits per heavy atom. The van der Waals surface area contributed by atoms with Gasteiger partial charge in [-0.1, -0.05) is 0 Å². The van der Waals surface area contributed by atoms with Gasteiger partial charge in [0, 0.05) is 39.2 Å². The largest absolute Gasteiger partial charge is 0.487 e. The van der Waals surface area contributed by atoms with Gasteiger partial charge in [-0.05, 0) is 12.1 Å². The van der Waals surface area contributed by atoms with Crippen LogP contribution in [0.3, 0.4) is 0 Å². The van der Waals surface area contributed by atoms with E-state index in [1.54, 1.807) is 0 Å². The van der Waals surface area contributed by atoms with Crippen LogP contribution in [-0.4, -0.2) is 102 Å². The van der Waals surface area contributed by atoms with Crippen molar-refractivity contribution in [3.8, 4) is 5.75 Å². The number of nitrogens with zero attached hydrogens (tertiary/aromatic N) is 3. The van der Waals surface area contributed by atoms with E-state index in [0.717, 1.165) is 6.07 Å². The summed E-state index contributed by atoms with van der Waals surface area (Å²) < 4.78 is 24.9. The van der Waals surface area contributed by atoms with Crippen LogP contribution in [0.15, 0.2) is 18.2 Å². The smallest absolute Gasteiger partial charge is 0.414 e. The fourth-order valence-electron chi connectivity index (χ4n) is 3.44. The number of cyclic esters (lactones) is 1. The number of piperazine rings is 1. The molecular weight excluding hydrogens is 443 g/mol. The van der Waals surface area contributed by atoms with Crippen molar-refractivity contribution in [3.63, 3.8) is 0 Å².